The summed E-state index contributed by atoms with van der Waals surface area (Å²) in [4.78, 5) is 2.50. The van der Waals surface area contributed by atoms with E-state index in [-0.39, 0.29) is 0 Å². The highest BCUT2D eigenvalue weighted by Gasteiger charge is 2.10. The normalized spacial score (nSPS) is 14.2. The van der Waals surface area contributed by atoms with E-state index in [0.29, 0.717) is 12.0 Å². The number of nitrogens with zero attached hydrogens (tertiary/aromatic N) is 1. The predicted molar refractivity (Wildman–Crippen MR) is 55.2 cm³/mol. The summed E-state index contributed by atoms with van der Waals surface area (Å²) in [7, 11) is 0. The first kappa shape index (κ1) is 11.9. The summed E-state index contributed by atoms with van der Waals surface area (Å²) in [5.41, 5.74) is 5.59. The summed E-state index contributed by atoms with van der Waals surface area (Å²) in [6.45, 7) is 12.1. The zero-order chi connectivity index (χ0) is 9.56. The van der Waals surface area contributed by atoms with Crippen molar-refractivity contribution in [1.82, 2.24) is 4.90 Å². The van der Waals surface area contributed by atoms with E-state index < -0.39 is 0 Å². The lowest BCUT2D eigenvalue weighted by Crippen LogP contribution is -2.37. The molecular weight excluding hydrogens is 148 g/mol. The molecule has 0 aliphatic heterocycles. The number of rotatable bonds is 6. The van der Waals surface area contributed by atoms with Crippen LogP contribution in [0.15, 0.2) is 0 Å². The van der Waals surface area contributed by atoms with Crippen LogP contribution in [0.25, 0.3) is 0 Å². The Bertz CT molecular complexity index is 102. The van der Waals surface area contributed by atoms with Gasteiger partial charge in [0, 0.05) is 12.6 Å². The molecule has 2 N–H and O–H groups in total. The molecule has 0 saturated carbocycles. The lowest BCUT2D eigenvalue weighted by molar-refractivity contribution is 0.194. The standard InChI is InChI=1S/C10H24N2/c1-5-6-12(9(2)3)8-10(4)7-11/h9-10H,5-8,11H2,1-4H3. The van der Waals surface area contributed by atoms with E-state index in [4.69, 9.17) is 5.73 Å². The van der Waals surface area contributed by atoms with Crippen LogP contribution in [0.5, 0.6) is 0 Å². The van der Waals surface area contributed by atoms with Crippen LogP contribution < -0.4 is 5.73 Å². The van der Waals surface area contributed by atoms with Crippen molar-refractivity contribution >= 4 is 0 Å². The van der Waals surface area contributed by atoms with E-state index in [1.54, 1.807) is 0 Å². The quantitative estimate of drug-likeness (QED) is 0.661. The molecule has 0 radical (unpaired) electrons. The van der Waals surface area contributed by atoms with Gasteiger partial charge in [0.1, 0.15) is 0 Å². The fourth-order valence-electron chi connectivity index (χ4n) is 1.32. The summed E-state index contributed by atoms with van der Waals surface area (Å²) in [6.07, 6.45) is 1.23. The second kappa shape index (κ2) is 6.44. The van der Waals surface area contributed by atoms with Gasteiger partial charge in [-0.3, -0.25) is 0 Å². The van der Waals surface area contributed by atoms with Crippen molar-refractivity contribution < 1.29 is 0 Å². The molecule has 2 nitrogen and oxygen atoms in total. The predicted octanol–water partition coefficient (Wildman–Crippen LogP) is 1.70. The topological polar surface area (TPSA) is 29.3 Å². The molecule has 0 aromatic carbocycles. The molecule has 1 unspecified atom stereocenters. The van der Waals surface area contributed by atoms with Gasteiger partial charge in [-0.2, -0.15) is 0 Å². The summed E-state index contributed by atoms with van der Waals surface area (Å²) < 4.78 is 0. The molecular formula is C10H24N2. The van der Waals surface area contributed by atoms with Crippen LogP contribution in [-0.4, -0.2) is 30.6 Å². The molecule has 0 bridgehead atoms. The second-order valence-corrected chi connectivity index (χ2v) is 3.93. The molecule has 0 heterocycles. The minimum absolute atomic E-state index is 0.624. The SMILES string of the molecule is CCCN(CC(C)CN)C(C)C. The molecule has 0 saturated heterocycles. The number of nitrogens with two attached hydrogens (primary N) is 1. The molecule has 74 valence electrons. The minimum atomic E-state index is 0.624. The first-order valence-corrected chi connectivity index (χ1v) is 5.05. The Balaban J connectivity index is 3.77. The highest BCUT2D eigenvalue weighted by molar-refractivity contribution is 4.66. The average molecular weight is 172 g/mol. The van der Waals surface area contributed by atoms with E-state index in [9.17, 15) is 0 Å². The third-order valence-electron chi connectivity index (χ3n) is 2.19. The summed E-state index contributed by atoms with van der Waals surface area (Å²) in [6, 6.07) is 0.652. The smallest absolute Gasteiger partial charge is 0.00387 e. The van der Waals surface area contributed by atoms with Crippen LogP contribution in [0.4, 0.5) is 0 Å². The van der Waals surface area contributed by atoms with Gasteiger partial charge in [-0.1, -0.05) is 13.8 Å². The van der Waals surface area contributed by atoms with Gasteiger partial charge in [-0.05, 0) is 39.3 Å². The summed E-state index contributed by atoms with van der Waals surface area (Å²) in [5, 5.41) is 0. The van der Waals surface area contributed by atoms with Crippen LogP contribution in [0, 0.1) is 5.92 Å². The molecule has 0 aliphatic carbocycles. The molecule has 0 amide bonds. The van der Waals surface area contributed by atoms with Crippen LogP contribution in [-0.2, 0) is 0 Å². The fourth-order valence-corrected chi connectivity index (χ4v) is 1.32. The maximum absolute atomic E-state index is 5.59. The van der Waals surface area contributed by atoms with E-state index in [1.807, 2.05) is 0 Å². The minimum Gasteiger partial charge on any atom is -0.330 e. The van der Waals surface area contributed by atoms with Crippen molar-refractivity contribution in [3.8, 4) is 0 Å². The van der Waals surface area contributed by atoms with Crippen molar-refractivity contribution in [3.05, 3.63) is 0 Å². The molecule has 12 heavy (non-hydrogen) atoms. The fraction of sp³-hybridized carbons (Fsp3) is 1.00. The van der Waals surface area contributed by atoms with E-state index in [1.165, 1.54) is 13.0 Å². The highest BCUT2D eigenvalue weighted by atomic mass is 15.1. The molecule has 0 fully saturated rings. The average Bonchev–Trinajstić information content (AvgIpc) is 2.03. The summed E-state index contributed by atoms with van der Waals surface area (Å²) in [5.74, 6) is 0.624. The van der Waals surface area contributed by atoms with Gasteiger partial charge in [0.25, 0.3) is 0 Å². The Morgan fingerprint density at radius 1 is 1.25 bits per heavy atom. The Morgan fingerprint density at radius 2 is 1.83 bits per heavy atom. The van der Waals surface area contributed by atoms with E-state index in [0.717, 1.165) is 13.1 Å². The molecule has 0 aliphatic rings. The van der Waals surface area contributed by atoms with E-state index >= 15 is 0 Å². The number of hydrogen-bond acceptors (Lipinski definition) is 2. The third-order valence-corrected chi connectivity index (χ3v) is 2.19. The van der Waals surface area contributed by atoms with Crippen LogP contribution in [0.2, 0.25) is 0 Å². The molecule has 1 atom stereocenters. The maximum Gasteiger partial charge on any atom is 0.00387 e. The van der Waals surface area contributed by atoms with Gasteiger partial charge in [-0.25, -0.2) is 0 Å². The Kier molecular flexibility index (Phi) is 6.39. The van der Waals surface area contributed by atoms with Gasteiger partial charge >= 0.3 is 0 Å². The van der Waals surface area contributed by atoms with Gasteiger partial charge < -0.3 is 10.6 Å². The zero-order valence-corrected chi connectivity index (χ0v) is 9.01. The Hall–Kier alpha value is -0.0800. The van der Waals surface area contributed by atoms with Crippen molar-refractivity contribution in [2.24, 2.45) is 11.7 Å². The van der Waals surface area contributed by atoms with Gasteiger partial charge in [-0.15, -0.1) is 0 Å². The molecule has 0 aromatic rings. The highest BCUT2D eigenvalue weighted by Crippen LogP contribution is 2.04. The van der Waals surface area contributed by atoms with E-state index in [2.05, 4.69) is 32.6 Å². The molecule has 0 spiro atoms. The van der Waals surface area contributed by atoms with Crippen molar-refractivity contribution in [3.63, 3.8) is 0 Å². The second-order valence-electron chi connectivity index (χ2n) is 3.93. The van der Waals surface area contributed by atoms with Gasteiger partial charge in [0.15, 0.2) is 0 Å². The third kappa shape index (κ3) is 4.73. The zero-order valence-electron chi connectivity index (χ0n) is 9.01. The maximum atomic E-state index is 5.59. The van der Waals surface area contributed by atoms with Crippen molar-refractivity contribution in [1.29, 1.82) is 0 Å². The van der Waals surface area contributed by atoms with Crippen LogP contribution >= 0.6 is 0 Å². The molecule has 2 heteroatoms. The first-order valence-electron chi connectivity index (χ1n) is 5.05. The van der Waals surface area contributed by atoms with Crippen molar-refractivity contribution in [2.45, 2.75) is 40.2 Å². The molecule has 0 aromatic heterocycles. The largest absolute Gasteiger partial charge is 0.330 e. The molecule has 0 rings (SSSR count). The van der Waals surface area contributed by atoms with Crippen molar-refractivity contribution in [2.75, 3.05) is 19.6 Å². The number of hydrogen-bond donors (Lipinski definition) is 1. The van der Waals surface area contributed by atoms with Crippen LogP contribution in [0.1, 0.15) is 34.1 Å². The lowest BCUT2D eigenvalue weighted by Gasteiger charge is -2.28. The monoisotopic (exact) mass is 172 g/mol. The van der Waals surface area contributed by atoms with Gasteiger partial charge in [0.2, 0.25) is 0 Å². The lowest BCUT2D eigenvalue weighted by atomic mass is 10.1. The Labute approximate surface area is 77.1 Å². The summed E-state index contributed by atoms with van der Waals surface area (Å²) >= 11 is 0. The Morgan fingerprint density at radius 3 is 2.17 bits per heavy atom. The first-order chi connectivity index (χ1) is 5.61. The van der Waals surface area contributed by atoms with Gasteiger partial charge in [0.05, 0.1) is 0 Å². The van der Waals surface area contributed by atoms with Crippen LogP contribution in [0.3, 0.4) is 0 Å².